The number of aryl methyl sites for hydroxylation is 1. The zero-order valence-corrected chi connectivity index (χ0v) is 12.4. The van der Waals surface area contributed by atoms with E-state index < -0.39 is 44.0 Å². The second kappa shape index (κ2) is 5.80. The summed E-state index contributed by atoms with van der Waals surface area (Å²) in [6, 6.07) is 1.50. The van der Waals surface area contributed by atoms with E-state index in [1.165, 1.54) is 6.92 Å². The van der Waals surface area contributed by atoms with Crippen molar-refractivity contribution in [2.75, 3.05) is 13.6 Å². The Balaban J connectivity index is 3.30. The van der Waals surface area contributed by atoms with E-state index in [4.69, 9.17) is 10.7 Å². The minimum absolute atomic E-state index is 0.222. The molecule has 1 amide bonds. The van der Waals surface area contributed by atoms with E-state index in [-0.39, 0.29) is 10.5 Å². The number of hydrogen-bond donors (Lipinski definition) is 0. The van der Waals surface area contributed by atoms with Crippen molar-refractivity contribution in [2.24, 2.45) is 0 Å². The number of rotatable bonds is 3. The summed E-state index contributed by atoms with van der Waals surface area (Å²) in [5.41, 5.74) is -1.01. The summed E-state index contributed by atoms with van der Waals surface area (Å²) in [6.45, 7) is -0.427. The van der Waals surface area contributed by atoms with Gasteiger partial charge < -0.3 is 4.90 Å². The first-order chi connectivity index (χ1) is 9.33. The van der Waals surface area contributed by atoms with Gasteiger partial charge in [0.1, 0.15) is 12.4 Å². The highest BCUT2D eigenvalue weighted by Crippen LogP contribution is 2.24. The maximum atomic E-state index is 13.8. The molecule has 0 unspecified atom stereocenters. The van der Waals surface area contributed by atoms with Crippen LogP contribution in [-0.4, -0.2) is 39.0 Å². The van der Waals surface area contributed by atoms with Gasteiger partial charge in [-0.3, -0.25) is 4.79 Å². The molecule has 0 atom stereocenters. The number of amides is 1. The third-order valence-electron chi connectivity index (χ3n) is 2.50. The molecule has 1 aromatic rings. The lowest BCUT2D eigenvalue weighted by molar-refractivity contribution is -0.138. The monoisotopic (exact) mass is 347 g/mol. The number of carbonyl (C=O) groups excluding carboxylic acids is 1. The van der Waals surface area contributed by atoms with Crippen molar-refractivity contribution in [1.29, 1.82) is 0 Å². The van der Waals surface area contributed by atoms with Gasteiger partial charge in [-0.1, -0.05) is 0 Å². The zero-order valence-electron chi connectivity index (χ0n) is 10.8. The van der Waals surface area contributed by atoms with Gasteiger partial charge in [-0.15, -0.1) is 0 Å². The van der Waals surface area contributed by atoms with Crippen molar-refractivity contribution >= 4 is 25.6 Å². The zero-order chi connectivity index (χ0) is 16.6. The molecule has 1 aromatic carbocycles. The third kappa shape index (κ3) is 4.57. The number of carbonyl (C=O) groups is 1. The van der Waals surface area contributed by atoms with E-state index in [0.29, 0.717) is 6.07 Å². The van der Waals surface area contributed by atoms with E-state index in [1.807, 2.05) is 0 Å². The predicted molar refractivity (Wildman–Crippen MR) is 67.2 cm³/mol. The maximum absolute atomic E-state index is 13.8. The van der Waals surface area contributed by atoms with Crippen LogP contribution in [0.1, 0.15) is 15.9 Å². The molecule has 10 heteroatoms. The highest BCUT2D eigenvalue weighted by molar-refractivity contribution is 8.13. The molecule has 0 bridgehead atoms. The summed E-state index contributed by atoms with van der Waals surface area (Å²) >= 11 is 0. The molecule has 0 aliphatic heterocycles. The van der Waals surface area contributed by atoms with Gasteiger partial charge >= 0.3 is 6.18 Å². The molecular weight excluding hydrogens is 338 g/mol. The van der Waals surface area contributed by atoms with Gasteiger partial charge in [-0.05, 0) is 24.6 Å². The van der Waals surface area contributed by atoms with Gasteiger partial charge in [0.25, 0.3) is 15.0 Å². The number of hydrogen-bond acceptors (Lipinski definition) is 3. The van der Waals surface area contributed by atoms with E-state index in [1.54, 1.807) is 0 Å². The van der Waals surface area contributed by atoms with Crippen LogP contribution in [0, 0.1) is 12.7 Å². The third-order valence-corrected chi connectivity index (χ3v) is 3.84. The summed E-state index contributed by atoms with van der Waals surface area (Å²) in [5.74, 6) is -2.40. The SMILES string of the molecule is Cc1cc(S(=O)(=O)Cl)cc(C(=O)N(C)CC(F)(F)F)c1F. The lowest BCUT2D eigenvalue weighted by Gasteiger charge is -2.19. The minimum atomic E-state index is -4.66. The normalized spacial score (nSPS) is 12.3. The molecule has 0 fully saturated rings. The summed E-state index contributed by atoms with van der Waals surface area (Å²) < 4.78 is 72.9. The lowest BCUT2D eigenvalue weighted by atomic mass is 10.1. The molecule has 0 N–H and O–H groups in total. The molecule has 0 aromatic heterocycles. The molecular formula is C11H10ClF4NO3S. The van der Waals surface area contributed by atoms with Crippen LogP contribution in [0.2, 0.25) is 0 Å². The van der Waals surface area contributed by atoms with Gasteiger partial charge in [0, 0.05) is 17.7 Å². The highest BCUT2D eigenvalue weighted by atomic mass is 35.7. The Hall–Kier alpha value is -1.35. The quantitative estimate of drug-likeness (QED) is 0.624. The number of benzene rings is 1. The fourth-order valence-electron chi connectivity index (χ4n) is 1.58. The van der Waals surface area contributed by atoms with Crippen LogP contribution in [0.15, 0.2) is 17.0 Å². The highest BCUT2D eigenvalue weighted by Gasteiger charge is 2.32. The molecule has 21 heavy (non-hydrogen) atoms. The standard InChI is InChI=1S/C11H10ClF4NO3S/c1-6-3-7(21(12,19)20)4-8(9(6)13)10(18)17(2)5-11(14,15)16/h3-4H,5H2,1-2H3. The largest absolute Gasteiger partial charge is 0.406 e. The summed E-state index contributed by atoms with van der Waals surface area (Å²) in [6.07, 6.45) is -4.66. The van der Waals surface area contributed by atoms with Crippen LogP contribution in [0.25, 0.3) is 0 Å². The Kier molecular flexibility index (Phi) is 4.89. The number of halogens is 5. The smallest absolute Gasteiger partial charge is 0.333 e. The molecule has 4 nitrogen and oxygen atoms in total. The first-order valence-corrected chi connectivity index (χ1v) is 7.71. The molecule has 0 heterocycles. The van der Waals surface area contributed by atoms with Crippen LogP contribution in [0.4, 0.5) is 17.6 Å². The Labute approximate surface area is 122 Å². The van der Waals surface area contributed by atoms with Crippen molar-refractivity contribution in [3.05, 3.63) is 29.1 Å². The second-order valence-corrected chi connectivity index (χ2v) is 6.88. The second-order valence-electron chi connectivity index (χ2n) is 4.32. The molecule has 0 spiro atoms. The maximum Gasteiger partial charge on any atom is 0.406 e. The molecule has 0 radical (unpaired) electrons. The first kappa shape index (κ1) is 17.7. The summed E-state index contributed by atoms with van der Waals surface area (Å²) in [7, 11) is 1.67. The van der Waals surface area contributed by atoms with Gasteiger partial charge in [-0.2, -0.15) is 13.2 Å². The Morgan fingerprint density at radius 3 is 2.29 bits per heavy atom. The van der Waals surface area contributed by atoms with Crippen molar-refractivity contribution in [1.82, 2.24) is 4.90 Å². The fourth-order valence-corrected chi connectivity index (χ4v) is 2.42. The molecule has 0 aliphatic carbocycles. The summed E-state index contributed by atoms with van der Waals surface area (Å²) in [5, 5.41) is 0. The van der Waals surface area contributed by atoms with E-state index in [0.717, 1.165) is 13.1 Å². The Bertz CT molecular complexity index is 673. The molecule has 0 saturated carbocycles. The summed E-state index contributed by atoms with van der Waals surface area (Å²) in [4.78, 5) is 11.5. The Morgan fingerprint density at radius 2 is 1.86 bits per heavy atom. The van der Waals surface area contributed by atoms with Crippen molar-refractivity contribution < 1.29 is 30.8 Å². The van der Waals surface area contributed by atoms with Crippen LogP contribution in [0.5, 0.6) is 0 Å². The van der Waals surface area contributed by atoms with Crippen molar-refractivity contribution in [3.63, 3.8) is 0 Å². The molecule has 0 aliphatic rings. The molecule has 0 saturated heterocycles. The van der Waals surface area contributed by atoms with E-state index >= 15 is 0 Å². The molecule has 1 rings (SSSR count). The average molecular weight is 348 g/mol. The number of alkyl halides is 3. The van der Waals surface area contributed by atoms with Crippen LogP contribution < -0.4 is 0 Å². The lowest BCUT2D eigenvalue weighted by Crippen LogP contribution is -2.36. The predicted octanol–water partition coefficient (Wildman–Crippen LogP) is 2.70. The Morgan fingerprint density at radius 1 is 1.33 bits per heavy atom. The molecule has 118 valence electrons. The van der Waals surface area contributed by atoms with Crippen LogP contribution in [-0.2, 0) is 9.05 Å². The van der Waals surface area contributed by atoms with Gasteiger partial charge in [0.15, 0.2) is 0 Å². The van der Waals surface area contributed by atoms with Crippen LogP contribution in [0.3, 0.4) is 0 Å². The minimum Gasteiger partial charge on any atom is -0.333 e. The topological polar surface area (TPSA) is 54.5 Å². The first-order valence-electron chi connectivity index (χ1n) is 5.40. The van der Waals surface area contributed by atoms with Gasteiger partial charge in [0.05, 0.1) is 10.5 Å². The van der Waals surface area contributed by atoms with Crippen molar-refractivity contribution in [2.45, 2.75) is 18.0 Å². The number of nitrogens with zero attached hydrogens (tertiary/aromatic N) is 1. The fraction of sp³-hybridized carbons (Fsp3) is 0.364. The van der Waals surface area contributed by atoms with Gasteiger partial charge in [0.2, 0.25) is 0 Å². The van der Waals surface area contributed by atoms with E-state index in [9.17, 15) is 30.8 Å². The van der Waals surface area contributed by atoms with Crippen LogP contribution >= 0.6 is 10.7 Å². The van der Waals surface area contributed by atoms with E-state index in [2.05, 4.69) is 0 Å². The average Bonchev–Trinajstić information content (AvgIpc) is 2.27. The van der Waals surface area contributed by atoms with Gasteiger partial charge in [-0.25, -0.2) is 12.8 Å². The van der Waals surface area contributed by atoms with Crippen molar-refractivity contribution in [3.8, 4) is 0 Å².